The SMILES string of the molecule is Cc1cccc(Cl)c1Nc1ncncc1I. The monoisotopic (exact) mass is 345 g/mol. The molecule has 1 aromatic heterocycles. The van der Waals surface area contributed by atoms with Crippen molar-refractivity contribution in [3.05, 3.63) is 44.9 Å². The Labute approximate surface area is 112 Å². The second kappa shape index (κ2) is 4.97. The van der Waals surface area contributed by atoms with E-state index < -0.39 is 0 Å². The van der Waals surface area contributed by atoms with Crippen molar-refractivity contribution in [1.82, 2.24) is 9.97 Å². The average Bonchev–Trinajstić information content (AvgIpc) is 2.26. The summed E-state index contributed by atoms with van der Waals surface area (Å²) in [5.74, 6) is 0.770. The smallest absolute Gasteiger partial charge is 0.147 e. The number of nitrogens with one attached hydrogen (secondary N) is 1. The molecule has 2 aromatic rings. The third-order valence-corrected chi connectivity index (χ3v) is 3.24. The van der Waals surface area contributed by atoms with Gasteiger partial charge in [0.25, 0.3) is 0 Å². The lowest BCUT2D eigenvalue weighted by molar-refractivity contribution is 1.15. The summed E-state index contributed by atoms with van der Waals surface area (Å²) in [5.41, 5.74) is 1.97. The summed E-state index contributed by atoms with van der Waals surface area (Å²) in [6.45, 7) is 2.00. The number of nitrogens with zero attached hydrogens (tertiary/aromatic N) is 2. The van der Waals surface area contributed by atoms with Gasteiger partial charge in [0.2, 0.25) is 0 Å². The third-order valence-electron chi connectivity index (χ3n) is 2.13. The van der Waals surface area contributed by atoms with Gasteiger partial charge in [0.15, 0.2) is 0 Å². The number of para-hydroxylation sites is 1. The quantitative estimate of drug-likeness (QED) is 0.842. The molecule has 1 N–H and O–H groups in total. The van der Waals surface area contributed by atoms with Gasteiger partial charge in [-0.15, -0.1) is 0 Å². The first-order valence-corrected chi connectivity index (χ1v) is 6.12. The molecule has 0 atom stereocenters. The Hall–Kier alpha value is -0.880. The number of benzene rings is 1. The van der Waals surface area contributed by atoms with Crippen molar-refractivity contribution >= 4 is 45.7 Å². The largest absolute Gasteiger partial charge is 0.338 e. The highest BCUT2D eigenvalue weighted by molar-refractivity contribution is 14.1. The Morgan fingerprint density at radius 1 is 1.38 bits per heavy atom. The summed E-state index contributed by atoms with van der Waals surface area (Å²) in [6, 6.07) is 5.78. The number of anilines is 2. The maximum Gasteiger partial charge on any atom is 0.147 e. The fourth-order valence-electron chi connectivity index (χ4n) is 1.31. The van der Waals surface area contributed by atoms with Crippen molar-refractivity contribution in [2.75, 3.05) is 5.32 Å². The van der Waals surface area contributed by atoms with Gasteiger partial charge in [-0.25, -0.2) is 9.97 Å². The van der Waals surface area contributed by atoms with Crippen LogP contribution in [0.25, 0.3) is 0 Å². The number of aromatic nitrogens is 2. The molecule has 1 aromatic carbocycles. The zero-order valence-electron chi connectivity index (χ0n) is 8.54. The molecular weight excluding hydrogens is 336 g/mol. The van der Waals surface area contributed by atoms with Gasteiger partial charge < -0.3 is 5.32 Å². The molecular formula is C11H9ClIN3. The molecule has 0 amide bonds. The van der Waals surface area contributed by atoms with Crippen LogP contribution in [0.15, 0.2) is 30.7 Å². The summed E-state index contributed by atoms with van der Waals surface area (Å²) in [6.07, 6.45) is 3.26. The average molecular weight is 346 g/mol. The predicted octanol–water partition coefficient (Wildman–Crippen LogP) is 3.79. The highest BCUT2D eigenvalue weighted by atomic mass is 127. The standard InChI is InChI=1S/C11H9ClIN3/c1-7-3-2-4-8(12)10(7)16-11-9(13)5-14-6-15-11/h2-6H,1H3,(H,14,15,16). The first-order chi connectivity index (χ1) is 7.68. The molecule has 2 rings (SSSR count). The molecule has 0 radical (unpaired) electrons. The van der Waals surface area contributed by atoms with E-state index >= 15 is 0 Å². The van der Waals surface area contributed by atoms with Gasteiger partial charge in [-0.1, -0.05) is 23.7 Å². The van der Waals surface area contributed by atoms with Crippen molar-refractivity contribution in [3.63, 3.8) is 0 Å². The Bertz CT molecular complexity index is 496. The summed E-state index contributed by atoms with van der Waals surface area (Å²) in [7, 11) is 0. The van der Waals surface area contributed by atoms with Crippen molar-refractivity contribution in [2.24, 2.45) is 0 Å². The first-order valence-electron chi connectivity index (χ1n) is 4.66. The second-order valence-corrected chi connectivity index (χ2v) is 4.85. The van der Waals surface area contributed by atoms with Crippen molar-refractivity contribution in [2.45, 2.75) is 6.92 Å². The molecule has 0 saturated heterocycles. The fourth-order valence-corrected chi connectivity index (χ4v) is 2.02. The van der Waals surface area contributed by atoms with Gasteiger partial charge in [-0.3, -0.25) is 0 Å². The molecule has 3 nitrogen and oxygen atoms in total. The molecule has 0 fully saturated rings. The topological polar surface area (TPSA) is 37.8 Å². The molecule has 82 valence electrons. The number of hydrogen-bond donors (Lipinski definition) is 1. The summed E-state index contributed by atoms with van der Waals surface area (Å²) < 4.78 is 0.958. The maximum absolute atomic E-state index is 6.12. The summed E-state index contributed by atoms with van der Waals surface area (Å²) >= 11 is 8.30. The Morgan fingerprint density at radius 2 is 2.19 bits per heavy atom. The highest BCUT2D eigenvalue weighted by Crippen LogP contribution is 2.29. The lowest BCUT2D eigenvalue weighted by Crippen LogP contribution is -1.99. The van der Waals surface area contributed by atoms with Crippen LogP contribution in [-0.2, 0) is 0 Å². The van der Waals surface area contributed by atoms with E-state index in [4.69, 9.17) is 11.6 Å². The van der Waals surface area contributed by atoms with E-state index in [0.29, 0.717) is 5.02 Å². The molecule has 1 heterocycles. The molecule has 0 aliphatic carbocycles. The Balaban J connectivity index is 2.38. The predicted molar refractivity (Wildman–Crippen MR) is 74.2 cm³/mol. The number of hydrogen-bond acceptors (Lipinski definition) is 3. The van der Waals surface area contributed by atoms with E-state index in [-0.39, 0.29) is 0 Å². The maximum atomic E-state index is 6.12. The van der Waals surface area contributed by atoms with E-state index in [9.17, 15) is 0 Å². The minimum Gasteiger partial charge on any atom is -0.338 e. The highest BCUT2D eigenvalue weighted by Gasteiger charge is 2.06. The molecule has 0 aliphatic rings. The van der Waals surface area contributed by atoms with Crippen LogP contribution in [0.2, 0.25) is 5.02 Å². The molecule has 16 heavy (non-hydrogen) atoms. The number of rotatable bonds is 2. The summed E-state index contributed by atoms with van der Waals surface area (Å²) in [4.78, 5) is 8.11. The zero-order valence-corrected chi connectivity index (χ0v) is 11.5. The van der Waals surface area contributed by atoms with Crippen LogP contribution in [-0.4, -0.2) is 9.97 Å². The normalized spacial score (nSPS) is 10.2. The lowest BCUT2D eigenvalue weighted by Gasteiger charge is -2.11. The Kier molecular flexibility index (Phi) is 3.60. The van der Waals surface area contributed by atoms with Crippen LogP contribution < -0.4 is 5.32 Å². The number of halogens is 2. The Morgan fingerprint density at radius 3 is 2.88 bits per heavy atom. The summed E-state index contributed by atoms with van der Waals surface area (Å²) in [5, 5.41) is 3.91. The number of aryl methyl sites for hydroxylation is 1. The van der Waals surface area contributed by atoms with Gasteiger partial charge in [0, 0.05) is 6.20 Å². The first kappa shape index (κ1) is 11.6. The van der Waals surface area contributed by atoms with E-state index in [1.165, 1.54) is 6.33 Å². The minimum absolute atomic E-state index is 0.689. The van der Waals surface area contributed by atoms with Gasteiger partial charge in [-0.2, -0.15) is 0 Å². The molecule has 0 spiro atoms. The van der Waals surface area contributed by atoms with Crippen LogP contribution in [0, 0.1) is 10.5 Å². The van der Waals surface area contributed by atoms with E-state index in [1.54, 1.807) is 6.20 Å². The van der Waals surface area contributed by atoms with Gasteiger partial charge >= 0.3 is 0 Å². The molecule has 0 unspecified atom stereocenters. The van der Waals surface area contributed by atoms with E-state index in [2.05, 4.69) is 37.9 Å². The molecule has 0 aliphatic heterocycles. The van der Waals surface area contributed by atoms with Crippen molar-refractivity contribution in [1.29, 1.82) is 0 Å². The molecule has 0 bridgehead atoms. The van der Waals surface area contributed by atoms with E-state index in [1.807, 2.05) is 25.1 Å². The van der Waals surface area contributed by atoms with Gasteiger partial charge in [0.1, 0.15) is 12.1 Å². The van der Waals surface area contributed by atoms with Crippen LogP contribution in [0.1, 0.15) is 5.56 Å². The van der Waals surface area contributed by atoms with E-state index in [0.717, 1.165) is 20.6 Å². The zero-order chi connectivity index (χ0) is 11.5. The second-order valence-electron chi connectivity index (χ2n) is 3.28. The lowest BCUT2D eigenvalue weighted by atomic mass is 10.2. The van der Waals surface area contributed by atoms with Gasteiger partial charge in [-0.05, 0) is 41.1 Å². The van der Waals surface area contributed by atoms with Gasteiger partial charge in [0.05, 0.1) is 14.3 Å². The van der Waals surface area contributed by atoms with Crippen LogP contribution >= 0.6 is 34.2 Å². The third kappa shape index (κ3) is 2.44. The fraction of sp³-hybridized carbons (Fsp3) is 0.0909. The van der Waals surface area contributed by atoms with Crippen molar-refractivity contribution in [3.8, 4) is 0 Å². The molecule has 0 saturated carbocycles. The minimum atomic E-state index is 0.689. The van der Waals surface area contributed by atoms with Crippen LogP contribution in [0.5, 0.6) is 0 Å². The van der Waals surface area contributed by atoms with Crippen LogP contribution in [0.4, 0.5) is 11.5 Å². The van der Waals surface area contributed by atoms with Crippen LogP contribution in [0.3, 0.4) is 0 Å². The van der Waals surface area contributed by atoms with Crippen molar-refractivity contribution < 1.29 is 0 Å². The molecule has 5 heteroatoms.